The minimum Gasteiger partial charge on any atom is -0.468 e. The van der Waals surface area contributed by atoms with Crippen LogP contribution in [0.15, 0.2) is 0 Å². The van der Waals surface area contributed by atoms with E-state index in [2.05, 4.69) is 10.2 Å². The molecular weight excluding hydrogens is 220 g/mol. The van der Waals surface area contributed by atoms with E-state index in [4.69, 9.17) is 9.47 Å². The molecule has 0 bridgehead atoms. The molecule has 2 fully saturated rings. The molecule has 2 aliphatic rings. The maximum atomic E-state index is 12.0. The summed E-state index contributed by atoms with van der Waals surface area (Å²) in [6, 6.07) is -0.123. The van der Waals surface area contributed by atoms with E-state index >= 15 is 0 Å². The molecule has 1 N–H and O–H groups in total. The smallest absolute Gasteiger partial charge is 0.323 e. The molecule has 2 rings (SSSR count). The summed E-state index contributed by atoms with van der Waals surface area (Å²) in [4.78, 5) is 14.2. The van der Waals surface area contributed by atoms with Crippen molar-refractivity contribution in [3.8, 4) is 0 Å². The minimum atomic E-state index is -0.123. The highest BCUT2D eigenvalue weighted by molar-refractivity contribution is 5.76. The van der Waals surface area contributed by atoms with Crippen molar-refractivity contribution < 1.29 is 14.3 Å². The van der Waals surface area contributed by atoms with Crippen LogP contribution >= 0.6 is 0 Å². The lowest BCUT2D eigenvalue weighted by atomic mass is 9.97. The van der Waals surface area contributed by atoms with E-state index in [-0.39, 0.29) is 12.0 Å². The van der Waals surface area contributed by atoms with Gasteiger partial charge in [-0.15, -0.1) is 0 Å². The molecule has 2 atom stereocenters. The molecular formula is C12H22N2O3. The van der Waals surface area contributed by atoms with Gasteiger partial charge in [-0.05, 0) is 19.4 Å². The third kappa shape index (κ3) is 3.18. The number of nitrogens with one attached hydrogen (secondary N) is 1. The molecule has 5 nitrogen and oxygen atoms in total. The van der Waals surface area contributed by atoms with E-state index in [1.165, 1.54) is 7.11 Å². The first kappa shape index (κ1) is 12.8. The summed E-state index contributed by atoms with van der Waals surface area (Å²) >= 11 is 0. The van der Waals surface area contributed by atoms with Gasteiger partial charge in [0.1, 0.15) is 6.04 Å². The third-order valence-electron chi connectivity index (χ3n) is 3.62. The summed E-state index contributed by atoms with van der Waals surface area (Å²) in [6.45, 7) is 5.31. The number of carbonyl (C=O) groups excluding carboxylic acids is 1. The second-order valence-electron chi connectivity index (χ2n) is 4.73. The van der Waals surface area contributed by atoms with Gasteiger partial charge in [-0.1, -0.05) is 0 Å². The molecule has 0 radical (unpaired) electrons. The van der Waals surface area contributed by atoms with Gasteiger partial charge in [-0.25, -0.2) is 0 Å². The zero-order valence-corrected chi connectivity index (χ0v) is 10.5. The van der Waals surface area contributed by atoms with Crippen LogP contribution in [-0.2, 0) is 14.3 Å². The standard InChI is InChI=1S/C12H22N2O3/c1-16-12(15)11(10-3-8-17-9-10)14-6-2-4-13-5-7-14/h10-11,13H,2-9H2,1H3. The Kier molecular flexibility index (Phi) is 4.76. The SMILES string of the molecule is COC(=O)C(C1CCOC1)N1CCCNCC1. The average molecular weight is 242 g/mol. The summed E-state index contributed by atoms with van der Waals surface area (Å²) < 4.78 is 10.4. The van der Waals surface area contributed by atoms with E-state index in [1.54, 1.807) is 0 Å². The van der Waals surface area contributed by atoms with E-state index < -0.39 is 0 Å². The first-order valence-corrected chi connectivity index (χ1v) is 6.43. The highest BCUT2D eigenvalue weighted by Crippen LogP contribution is 2.22. The van der Waals surface area contributed by atoms with Crippen LogP contribution in [0.2, 0.25) is 0 Å². The molecule has 5 heteroatoms. The summed E-state index contributed by atoms with van der Waals surface area (Å²) in [6.07, 6.45) is 2.05. The molecule has 0 amide bonds. The number of ether oxygens (including phenoxy) is 2. The summed E-state index contributed by atoms with van der Waals surface area (Å²) in [5.74, 6) is 0.183. The van der Waals surface area contributed by atoms with Gasteiger partial charge in [-0.3, -0.25) is 9.69 Å². The maximum absolute atomic E-state index is 12.0. The van der Waals surface area contributed by atoms with Crippen molar-refractivity contribution in [3.05, 3.63) is 0 Å². The van der Waals surface area contributed by atoms with Crippen LogP contribution in [0.4, 0.5) is 0 Å². The second kappa shape index (κ2) is 6.33. The first-order valence-electron chi connectivity index (χ1n) is 6.43. The van der Waals surface area contributed by atoms with E-state index in [0.717, 1.165) is 45.6 Å². The fraction of sp³-hybridized carbons (Fsp3) is 0.917. The van der Waals surface area contributed by atoms with Crippen molar-refractivity contribution in [2.75, 3.05) is 46.5 Å². The normalized spacial score (nSPS) is 28.6. The fourth-order valence-corrected chi connectivity index (χ4v) is 2.71. The van der Waals surface area contributed by atoms with Crippen molar-refractivity contribution >= 4 is 5.97 Å². The van der Waals surface area contributed by atoms with Gasteiger partial charge < -0.3 is 14.8 Å². The van der Waals surface area contributed by atoms with Crippen LogP contribution in [0.25, 0.3) is 0 Å². The summed E-state index contributed by atoms with van der Waals surface area (Å²) in [5.41, 5.74) is 0. The van der Waals surface area contributed by atoms with Crippen molar-refractivity contribution in [1.82, 2.24) is 10.2 Å². The van der Waals surface area contributed by atoms with E-state index in [1.807, 2.05) is 0 Å². The molecule has 2 heterocycles. The Morgan fingerprint density at radius 2 is 2.35 bits per heavy atom. The van der Waals surface area contributed by atoms with Crippen molar-refractivity contribution in [1.29, 1.82) is 0 Å². The Labute approximate surface area is 102 Å². The Balaban J connectivity index is 2.04. The molecule has 17 heavy (non-hydrogen) atoms. The lowest BCUT2D eigenvalue weighted by Crippen LogP contribution is -2.48. The quantitative estimate of drug-likeness (QED) is 0.698. The van der Waals surface area contributed by atoms with Crippen LogP contribution < -0.4 is 5.32 Å². The van der Waals surface area contributed by atoms with Crippen molar-refractivity contribution in [2.24, 2.45) is 5.92 Å². The van der Waals surface area contributed by atoms with Crippen molar-refractivity contribution in [2.45, 2.75) is 18.9 Å². The summed E-state index contributed by atoms with van der Waals surface area (Å²) in [5, 5.41) is 3.35. The topological polar surface area (TPSA) is 50.8 Å². The molecule has 2 aliphatic heterocycles. The van der Waals surface area contributed by atoms with Crippen LogP contribution in [0, 0.1) is 5.92 Å². The van der Waals surface area contributed by atoms with E-state index in [0.29, 0.717) is 12.5 Å². The molecule has 0 spiro atoms. The van der Waals surface area contributed by atoms with Gasteiger partial charge in [0.15, 0.2) is 0 Å². The lowest BCUT2D eigenvalue weighted by Gasteiger charge is -2.31. The highest BCUT2D eigenvalue weighted by Gasteiger charge is 2.36. The molecule has 0 aromatic carbocycles. The number of hydrogen-bond acceptors (Lipinski definition) is 5. The zero-order chi connectivity index (χ0) is 12.1. The second-order valence-corrected chi connectivity index (χ2v) is 4.73. The van der Waals surface area contributed by atoms with Gasteiger partial charge in [0.2, 0.25) is 0 Å². The van der Waals surface area contributed by atoms with Crippen LogP contribution in [0.5, 0.6) is 0 Å². The predicted octanol–water partition coefficient (Wildman–Crippen LogP) is -0.140. The molecule has 2 saturated heterocycles. The van der Waals surface area contributed by atoms with Gasteiger partial charge in [0, 0.05) is 32.2 Å². The maximum Gasteiger partial charge on any atom is 0.323 e. The molecule has 0 aliphatic carbocycles. The highest BCUT2D eigenvalue weighted by atomic mass is 16.5. The van der Waals surface area contributed by atoms with Gasteiger partial charge >= 0.3 is 5.97 Å². The Morgan fingerprint density at radius 1 is 1.47 bits per heavy atom. The third-order valence-corrected chi connectivity index (χ3v) is 3.62. The monoisotopic (exact) mass is 242 g/mol. The zero-order valence-electron chi connectivity index (χ0n) is 10.5. The van der Waals surface area contributed by atoms with E-state index in [9.17, 15) is 4.79 Å². The van der Waals surface area contributed by atoms with Gasteiger partial charge in [0.05, 0.1) is 13.7 Å². The number of rotatable bonds is 3. The van der Waals surface area contributed by atoms with Crippen LogP contribution in [-0.4, -0.2) is 63.4 Å². The molecule has 2 unspecified atom stereocenters. The minimum absolute atomic E-state index is 0.109. The lowest BCUT2D eigenvalue weighted by molar-refractivity contribution is -0.149. The van der Waals surface area contributed by atoms with Crippen molar-refractivity contribution in [3.63, 3.8) is 0 Å². The largest absolute Gasteiger partial charge is 0.468 e. The van der Waals surface area contributed by atoms with Crippen LogP contribution in [0.3, 0.4) is 0 Å². The number of methoxy groups -OCH3 is 1. The number of esters is 1. The number of carbonyl (C=O) groups is 1. The Hall–Kier alpha value is -0.650. The van der Waals surface area contributed by atoms with Crippen LogP contribution in [0.1, 0.15) is 12.8 Å². The molecule has 98 valence electrons. The fourth-order valence-electron chi connectivity index (χ4n) is 2.71. The number of nitrogens with zero attached hydrogens (tertiary/aromatic N) is 1. The number of hydrogen-bond donors (Lipinski definition) is 1. The average Bonchev–Trinajstić information content (AvgIpc) is 2.73. The molecule has 0 saturated carbocycles. The first-order chi connectivity index (χ1) is 8.33. The van der Waals surface area contributed by atoms with Gasteiger partial charge in [-0.2, -0.15) is 0 Å². The Bertz CT molecular complexity index is 246. The Morgan fingerprint density at radius 3 is 3.06 bits per heavy atom. The molecule has 0 aromatic heterocycles. The molecule has 0 aromatic rings. The predicted molar refractivity (Wildman–Crippen MR) is 63.8 cm³/mol. The van der Waals surface area contributed by atoms with Gasteiger partial charge in [0.25, 0.3) is 0 Å². The summed E-state index contributed by atoms with van der Waals surface area (Å²) in [7, 11) is 1.47.